The average Bonchev–Trinajstić information content (AvgIpc) is 3.04. The summed E-state index contributed by atoms with van der Waals surface area (Å²) in [6, 6.07) is 3.18. The lowest BCUT2D eigenvalue weighted by atomic mass is 10.1. The van der Waals surface area contributed by atoms with E-state index in [-0.39, 0.29) is 18.6 Å². The van der Waals surface area contributed by atoms with Gasteiger partial charge < -0.3 is 24.8 Å². The van der Waals surface area contributed by atoms with Crippen LogP contribution in [0.4, 0.5) is 4.79 Å². The van der Waals surface area contributed by atoms with Gasteiger partial charge in [-0.05, 0) is 31.0 Å². The predicted octanol–water partition coefficient (Wildman–Crippen LogP) is 2.40. The molecule has 2 unspecified atom stereocenters. The van der Waals surface area contributed by atoms with Crippen molar-refractivity contribution < 1.29 is 24.2 Å². The van der Waals surface area contributed by atoms with Gasteiger partial charge in [-0.2, -0.15) is 0 Å². The number of benzene rings is 1. The second-order valence-corrected chi connectivity index (χ2v) is 6.81. The van der Waals surface area contributed by atoms with Gasteiger partial charge in [0.05, 0.1) is 12.0 Å². The van der Waals surface area contributed by atoms with Crippen molar-refractivity contribution in [3.8, 4) is 11.5 Å². The van der Waals surface area contributed by atoms with E-state index in [0.29, 0.717) is 37.7 Å². The Morgan fingerprint density at radius 2 is 2.00 bits per heavy atom. The Hall–Kier alpha value is -1.96. The predicted molar refractivity (Wildman–Crippen MR) is 89.4 cm³/mol. The number of carbonyl (C=O) groups excluding carboxylic acids is 1. The molecule has 7 nitrogen and oxygen atoms in total. The Labute approximate surface area is 148 Å². The fraction of sp³-hybridized carbons (Fsp3) is 0.500. The van der Waals surface area contributed by atoms with Gasteiger partial charge >= 0.3 is 12.0 Å². The highest BCUT2D eigenvalue weighted by atomic mass is 79.9. The molecule has 3 rings (SSSR count). The van der Waals surface area contributed by atoms with Crippen molar-refractivity contribution in [1.82, 2.24) is 10.2 Å². The molecule has 0 radical (unpaired) electrons. The number of urea groups is 1. The number of halogens is 1. The summed E-state index contributed by atoms with van der Waals surface area (Å²) in [4.78, 5) is 24.9. The molecule has 1 aromatic carbocycles. The van der Waals surface area contributed by atoms with E-state index < -0.39 is 11.9 Å². The van der Waals surface area contributed by atoms with Crippen molar-refractivity contribution in [2.24, 2.45) is 5.92 Å². The smallest absolute Gasteiger partial charge is 0.317 e. The summed E-state index contributed by atoms with van der Waals surface area (Å²) in [6.07, 6.45) is 0.491. The zero-order valence-corrected chi connectivity index (χ0v) is 14.8. The molecule has 0 aliphatic carbocycles. The number of hydrogen-bond donors (Lipinski definition) is 2. The molecule has 130 valence electrons. The molecule has 0 aromatic heterocycles. The summed E-state index contributed by atoms with van der Waals surface area (Å²) < 4.78 is 11.9. The molecule has 2 heterocycles. The number of nitrogens with zero attached hydrogens (tertiary/aromatic N) is 1. The third-order valence-corrected chi connectivity index (χ3v) is 4.98. The number of aliphatic carboxylic acids is 1. The van der Waals surface area contributed by atoms with Crippen LogP contribution in [0.5, 0.6) is 11.5 Å². The van der Waals surface area contributed by atoms with Gasteiger partial charge in [0.2, 0.25) is 0 Å². The Morgan fingerprint density at radius 3 is 2.62 bits per heavy atom. The van der Waals surface area contributed by atoms with Gasteiger partial charge in [-0.3, -0.25) is 4.79 Å². The maximum atomic E-state index is 12.3. The number of carboxylic acid groups (broad SMARTS) is 1. The molecule has 1 fully saturated rings. The van der Waals surface area contributed by atoms with Gasteiger partial charge in [0.25, 0.3) is 0 Å². The minimum atomic E-state index is -0.854. The van der Waals surface area contributed by atoms with Gasteiger partial charge in [-0.15, -0.1) is 0 Å². The monoisotopic (exact) mass is 398 g/mol. The Morgan fingerprint density at radius 1 is 1.33 bits per heavy atom. The first-order chi connectivity index (χ1) is 11.5. The standard InChI is InChI=1S/C16H19BrN2O5/c1-9(18-16(22)19-3-2-10(8-19)15(20)21)11-6-13-14(7-12(11)17)24-5-4-23-13/h6-7,9-10H,2-5,8H2,1H3,(H,18,22)(H,20,21). The quantitative estimate of drug-likeness (QED) is 0.815. The number of amides is 2. The molecule has 1 saturated heterocycles. The largest absolute Gasteiger partial charge is 0.486 e. The van der Waals surface area contributed by atoms with Crippen molar-refractivity contribution in [3.05, 3.63) is 22.2 Å². The van der Waals surface area contributed by atoms with Crippen LogP contribution >= 0.6 is 15.9 Å². The summed E-state index contributed by atoms with van der Waals surface area (Å²) >= 11 is 3.50. The van der Waals surface area contributed by atoms with Crippen LogP contribution in [0, 0.1) is 5.92 Å². The molecule has 2 atom stereocenters. The average molecular weight is 399 g/mol. The first kappa shape index (κ1) is 16.9. The van der Waals surface area contributed by atoms with Crippen molar-refractivity contribution in [1.29, 1.82) is 0 Å². The van der Waals surface area contributed by atoms with Crippen molar-refractivity contribution in [2.75, 3.05) is 26.3 Å². The molecular weight excluding hydrogens is 380 g/mol. The lowest BCUT2D eigenvalue weighted by Crippen LogP contribution is -2.40. The summed E-state index contributed by atoms with van der Waals surface area (Å²) in [7, 11) is 0. The fourth-order valence-corrected chi connectivity index (χ4v) is 3.58. The van der Waals surface area contributed by atoms with Gasteiger partial charge in [0.15, 0.2) is 11.5 Å². The molecule has 2 amide bonds. The normalized spacial score (nSPS) is 20.6. The summed E-state index contributed by atoms with van der Waals surface area (Å²) in [5, 5.41) is 11.9. The lowest BCUT2D eigenvalue weighted by molar-refractivity contribution is -0.141. The van der Waals surface area contributed by atoms with Crippen LogP contribution in [0.15, 0.2) is 16.6 Å². The maximum Gasteiger partial charge on any atom is 0.317 e. The molecule has 0 bridgehead atoms. The zero-order valence-electron chi connectivity index (χ0n) is 13.3. The number of nitrogens with one attached hydrogen (secondary N) is 1. The van der Waals surface area contributed by atoms with Gasteiger partial charge in [-0.1, -0.05) is 15.9 Å². The van der Waals surface area contributed by atoms with Crippen LogP contribution in [0.3, 0.4) is 0 Å². The minimum absolute atomic E-state index is 0.246. The molecule has 1 aromatic rings. The van der Waals surface area contributed by atoms with Gasteiger partial charge in [0.1, 0.15) is 13.2 Å². The van der Waals surface area contributed by atoms with Crippen LogP contribution < -0.4 is 14.8 Å². The molecule has 2 aliphatic heterocycles. The lowest BCUT2D eigenvalue weighted by Gasteiger charge is -2.24. The Kier molecular flexibility index (Phi) is 4.84. The van der Waals surface area contributed by atoms with Crippen molar-refractivity contribution >= 4 is 27.9 Å². The highest BCUT2D eigenvalue weighted by Gasteiger charge is 2.31. The minimum Gasteiger partial charge on any atom is -0.486 e. The maximum absolute atomic E-state index is 12.3. The van der Waals surface area contributed by atoms with E-state index in [1.807, 2.05) is 19.1 Å². The number of likely N-dealkylation sites (tertiary alicyclic amines) is 1. The molecule has 0 saturated carbocycles. The molecule has 24 heavy (non-hydrogen) atoms. The number of carbonyl (C=O) groups is 2. The SMILES string of the molecule is CC(NC(=O)N1CCC(C(=O)O)C1)c1cc2c(cc1Br)OCCO2. The van der Waals surface area contributed by atoms with E-state index in [4.69, 9.17) is 14.6 Å². The van der Waals surface area contributed by atoms with Crippen molar-refractivity contribution in [3.63, 3.8) is 0 Å². The van der Waals surface area contributed by atoms with Crippen LogP contribution in [0.1, 0.15) is 24.9 Å². The second kappa shape index (κ2) is 6.88. The molecule has 2 N–H and O–H groups in total. The van der Waals surface area contributed by atoms with Crippen molar-refractivity contribution in [2.45, 2.75) is 19.4 Å². The number of hydrogen-bond acceptors (Lipinski definition) is 4. The summed E-state index contributed by atoms with van der Waals surface area (Å²) in [5.74, 6) is 0.00641. The number of fused-ring (bicyclic) bond motifs is 1. The van der Waals surface area contributed by atoms with Crippen LogP contribution in [-0.2, 0) is 4.79 Å². The summed E-state index contributed by atoms with van der Waals surface area (Å²) in [6.45, 7) is 3.59. The van der Waals surface area contributed by atoms with E-state index in [9.17, 15) is 9.59 Å². The van der Waals surface area contributed by atoms with Crippen LogP contribution in [0.25, 0.3) is 0 Å². The second-order valence-electron chi connectivity index (χ2n) is 5.96. The highest BCUT2D eigenvalue weighted by molar-refractivity contribution is 9.10. The Bertz CT molecular complexity index is 666. The first-order valence-electron chi connectivity index (χ1n) is 7.83. The van der Waals surface area contributed by atoms with E-state index in [1.165, 1.54) is 0 Å². The molecule has 8 heteroatoms. The first-order valence-corrected chi connectivity index (χ1v) is 8.62. The fourth-order valence-electron chi connectivity index (χ4n) is 2.91. The number of ether oxygens (including phenoxy) is 2. The topological polar surface area (TPSA) is 88.1 Å². The van der Waals surface area contributed by atoms with E-state index in [1.54, 1.807) is 4.90 Å². The third-order valence-electron chi connectivity index (χ3n) is 4.29. The molecule has 2 aliphatic rings. The van der Waals surface area contributed by atoms with E-state index in [2.05, 4.69) is 21.2 Å². The molecule has 0 spiro atoms. The highest BCUT2D eigenvalue weighted by Crippen LogP contribution is 2.37. The van der Waals surface area contributed by atoms with Crippen LogP contribution in [-0.4, -0.2) is 48.3 Å². The third kappa shape index (κ3) is 3.43. The van der Waals surface area contributed by atoms with E-state index in [0.717, 1.165) is 10.0 Å². The number of carboxylic acids is 1. The van der Waals surface area contributed by atoms with E-state index >= 15 is 0 Å². The van der Waals surface area contributed by atoms with Gasteiger partial charge in [-0.25, -0.2) is 4.79 Å². The summed E-state index contributed by atoms with van der Waals surface area (Å²) in [5.41, 5.74) is 0.876. The zero-order chi connectivity index (χ0) is 17.3. The van der Waals surface area contributed by atoms with Gasteiger partial charge in [0, 0.05) is 17.6 Å². The Balaban J connectivity index is 1.68. The van der Waals surface area contributed by atoms with Crippen LogP contribution in [0.2, 0.25) is 0 Å². The molecular formula is C16H19BrN2O5. The number of rotatable bonds is 3.